The van der Waals surface area contributed by atoms with Gasteiger partial charge in [-0.15, -0.1) is 0 Å². The highest BCUT2D eigenvalue weighted by atomic mass is 16.4. The van der Waals surface area contributed by atoms with Crippen molar-refractivity contribution in [3.8, 4) is 0 Å². The van der Waals surface area contributed by atoms with Gasteiger partial charge < -0.3 is 10.4 Å². The molecule has 0 aliphatic carbocycles. The molecule has 5 nitrogen and oxygen atoms in total. The van der Waals surface area contributed by atoms with E-state index in [1.807, 2.05) is 48.5 Å². The van der Waals surface area contributed by atoms with Crippen molar-refractivity contribution < 1.29 is 14.7 Å². The lowest BCUT2D eigenvalue weighted by Gasteiger charge is -2.39. The molecule has 2 unspecified atom stereocenters. The van der Waals surface area contributed by atoms with Gasteiger partial charge in [-0.2, -0.15) is 0 Å². The number of nitrogens with zero attached hydrogens (tertiary/aromatic N) is 1. The fraction of sp³-hybridized carbons (Fsp3) is 0.867. The highest BCUT2D eigenvalue weighted by Gasteiger charge is 2.31. The van der Waals surface area contributed by atoms with Crippen LogP contribution in [-0.4, -0.2) is 46.1 Å². The minimum absolute atomic E-state index is 0.137. The van der Waals surface area contributed by atoms with Crippen molar-refractivity contribution in [2.75, 3.05) is 6.54 Å². The molecule has 2 atom stereocenters. The number of aliphatic carboxylic acids is 1. The Bertz CT molecular complexity index is 335. The zero-order chi connectivity index (χ0) is 16.1. The molecular weight excluding hydrogens is 256 g/mol. The molecule has 0 aliphatic heterocycles. The molecule has 0 saturated carbocycles. The highest BCUT2D eigenvalue weighted by Crippen LogP contribution is 2.17. The summed E-state index contributed by atoms with van der Waals surface area (Å²) in [4.78, 5) is 25.5. The largest absolute Gasteiger partial charge is 0.480 e. The Morgan fingerprint density at radius 2 is 1.70 bits per heavy atom. The number of carboxylic acids is 1. The molecule has 1 amide bonds. The zero-order valence-corrected chi connectivity index (χ0v) is 13.9. The van der Waals surface area contributed by atoms with E-state index < -0.39 is 12.0 Å². The molecule has 0 bridgehead atoms. The summed E-state index contributed by atoms with van der Waals surface area (Å²) in [7, 11) is 0. The lowest BCUT2D eigenvalue weighted by Crippen LogP contribution is -2.55. The summed E-state index contributed by atoms with van der Waals surface area (Å²) in [5.74, 6) is -0.982. The van der Waals surface area contributed by atoms with Crippen LogP contribution >= 0.6 is 0 Å². The minimum Gasteiger partial charge on any atom is -0.480 e. The van der Waals surface area contributed by atoms with Gasteiger partial charge in [-0.25, -0.2) is 4.79 Å². The monoisotopic (exact) mass is 286 g/mol. The van der Waals surface area contributed by atoms with E-state index in [0.717, 1.165) is 6.54 Å². The van der Waals surface area contributed by atoms with Gasteiger partial charge >= 0.3 is 5.97 Å². The van der Waals surface area contributed by atoms with Crippen LogP contribution in [0.2, 0.25) is 0 Å². The lowest BCUT2D eigenvalue weighted by molar-refractivity contribution is -0.143. The Labute approximate surface area is 122 Å². The first-order valence-electron chi connectivity index (χ1n) is 7.30. The first-order valence-corrected chi connectivity index (χ1v) is 7.30. The Morgan fingerprint density at radius 3 is 2.00 bits per heavy atom. The van der Waals surface area contributed by atoms with Crippen LogP contribution in [0.25, 0.3) is 0 Å². The van der Waals surface area contributed by atoms with Gasteiger partial charge in [-0.3, -0.25) is 9.69 Å². The summed E-state index contributed by atoms with van der Waals surface area (Å²) in [6.45, 7) is 14.6. The number of hydrogen-bond donors (Lipinski definition) is 2. The second-order valence-corrected chi connectivity index (χ2v) is 6.66. The fourth-order valence-corrected chi connectivity index (χ4v) is 2.46. The number of nitrogens with one attached hydrogen (secondary N) is 1. The summed E-state index contributed by atoms with van der Waals surface area (Å²) < 4.78 is 0. The van der Waals surface area contributed by atoms with Crippen molar-refractivity contribution in [3.05, 3.63) is 0 Å². The molecular formula is C15H30N2O3. The molecule has 2 N–H and O–H groups in total. The molecule has 0 aliphatic rings. The zero-order valence-electron chi connectivity index (χ0n) is 13.9. The van der Waals surface area contributed by atoms with Gasteiger partial charge in [0.15, 0.2) is 0 Å². The molecule has 0 aromatic rings. The predicted octanol–water partition coefficient (Wildman–Crippen LogP) is 2.11. The number of carboxylic acid groups (broad SMARTS) is 1. The van der Waals surface area contributed by atoms with Crippen LogP contribution in [0.15, 0.2) is 0 Å². The molecule has 0 aromatic carbocycles. The van der Waals surface area contributed by atoms with Gasteiger partial charge in [0.25, 0.3) is 0 Å². The normalized spacial score (nSPS) is 15.2. The number of likely N-dealkylation sites (N-methyl/N-ethyl adjacent to an activating group) is 1. The van der Waals surface area contributed by atoms with Crippen molar-refractivity contribution in [3.63, 3.8) is 0 Å². The minimum atomic E-state index is -0.974. The van der Waals surface area contributed by atoms with E-state index in [9.17, 15) is 14.7 Å². The predicted molar refractivity (Wildman–Crippen MR) is 80.6 cm³/mol. The average Bonchev–Trinajstić information content (AvgIpc) is 2.25. The first-order chi connectivity index (χ1) is 9.00. The molecule has 5 heteroatoms. The van der Waals surface area contributed by atoms with E-state index in [1.54, 1.807) is 0 Å². The smallest absolute Gasteiger partial charge is 0.326 e. The second kappa shape index (κ2) is 7.62. The number of rotatable bonds is 7. The van der Waals surface area contributed by atoms with E-state index in [-0.39, 0.29) is 23.4 Å². The van der Waals surface area contributed by atoms with Gasteiger partial charge in [0, 0.05) is 5.54 Å². The molecule has 118 valence electrons. The van der Waals surface area contributed by atoms with Crippen LogP contribution in [0, 0.1) is 5.92 Å². The van der Waals surface area contributed by atoms with E-state index in [4.69, 9.17) is 0 Å². The van der Waals surface area contributed by atoms with E-state index in [2.05, 4.69) is 10.2 Å². The Kier molecular flexibility index (Phi) is 7.20. The van der Waals surface area contributed by atoms with Crippen LogP contribution in [0.5, 0.6) is 0 Å². The SMILES string of the molecule is CCN(C(C)C(=O)NC(CC(C)C)C(=O)O)C(C)(C)C. The van der Waals surface area contributed by atoms with Gasteiger partial charge in [0.2, 0.25) is 5.91 Å². The van der Waals surface area contributed by atoms with Gasteiger partial charge in [0.1, 0.15) is 6.04 Å². The Balaban J connectivity index is 4.83. The molecule has 0 heterocycles. The van der Waals surface area contributed by atoms with Gasteiger partial charge in [-0.1, -0.05) is 20.8 Å². The summed E-state index contributed by atoms with van der Waals surface area (Å²) in [5.41, 5.74) is -0.137. The van der Waals surface area contributed by atoms with Crippen molar-refractivity contribution >= 4 is 11.9 Å². The van der Waals surface area contributed by atoms with Crippen molar-refractivity contribution in [2.24, 2.45) is 5.92 Å². The third-order valence-corrected chi connectivity index (χ3v) is 3.37. The molecule has 0 aromatic heterocycles. The quantitative estimate of drug-likeness (QED) is 0.752. The maximum Gasteiger partial charge on any atom is 0.326 e. The maximum atomic E-state index is 12.3. The summed E-state index contributed by atoms with van der Waals surface area (Å²) in [6.07, 6.45) is 0.440. The Hall–Kier alpha value is -1.10. The number of amides is 1. The van der Waals surface area contributed by atoms with Gasteiger partial charge in [-0.05, 0) is 46.6 Å². The van der Waals surface area contributed by atoms with Crippen molar-refractivity contribution in [2.45, 2.75) is 72.5 Å². The van der Waals surface area contributed by atoms with Crippen LogP contribution < -0.4 is 5.32 Å². The lowest BCUT2D eigenvalue weighted by atomic mass is 10.0. The van der Waals surface area contributed by atoms with Crippen LogP contribution in [0.4, 0.5) is 0 Å². The first kappa shape index (κ1) is 18.9. The fourth-order valence-electron chi connectivity index (χ4n) is 2.46. The van der Waals surface area contributed by atoms with Crippen molar-refractivity contribution in [1.29, 1.82) is 0 Å². The second-order valence-electron chi connectivity index (χ2n) is 6.66. The van der Waals surface area contributed by atoms with Crippen LogP contribution in [-0.2, 0) is 9.59 Å². The number of carbonyl (C=O) groups is 2. The Morgan fingerprint density at radius 1 is 1.20 bits per heavy atom. The maximum absolute atomic E-state index is 12.3. The summed E-state index contributed by atoms with van der Waals surface area (Å²) in [6, 6.07) is -1.17. The van der Waals surface area contributed by atoms with Gasteiger partial charge in [0.05, 0.1) is 6.04 Å². The third kappa shape index (κ3) is 5.90. The summed E-state index contributed by atoms with van der Waals surface area (Å²) in [5, 5.41) is 11.8. The molecule has 0 radical (unpaired) electrons. The van der Waals surface area contributed by atoms with Crippen LogP contribution in [0.1, 0.15) is 54.9 Å². The number of carbonyl (C=O) groups excluding carboxylic acids is 1. The van der Waals surface area contributed by atoms with E-state index >= 15 is 0 Å². The molecule has 0 rings (SSSR count). The third-order valence-electron chi connectivity index (χ3n) is 3.37. The van der Waals surface area contributed by atoms with E-state index in [1.165, 1.54) is 0 Å². The van der Waals surface area contributed by atoms with Crippen molar-refractivity contribution in [1.82, 2.24) is 10.2 Å². The van der Waals surface area contributed by atoms with E-state index in [0.29, 0.717) is 6.42 Å². The molecule has 0 fully saturated rings. The number of hydrogen-bond acceptors (Lipinski definition) is 3. The standard InChI is InChI=1S/C15H30N2O3/c1-8-17(15(5,6)7)11(4)13(18)16-12(14(19)20)9-10(2)3/h10-12H,8-9H2,1-7H3,(H,16,18)(H,19,20). The highest BCUT2D eigenvalue weighted by molar-refractivity contribution is 5.86. The average molecular weight is 286 g/mol. The molecule has 0 saturated heterocycles. The molecule has 0 spiro atoms. The molecule has 20 heavy (non-hydrogen) atoms. The van der Waals surface area contributed by atoms with Crippen LogP contribution in [0.3, 0.4) is 0 Å². The summed E-state index contributed by atoms with van der Waals surface area (Å²) >= 11 is 0. The topological polar surface area (TPSA) is 69.6 Å².